The number of nitrogens with one attached hydrogen (secondary N) is 1. The first-order valence-electron chi connectivity index (χ1n) is 8.35. The Labute approximate surface area is 157 Å². The molecule has 3 rings (SSSR count). The molecule has 9 nitrogen and oxygen atoms in total. The second-order valence-electron chi connectivity index (χ2n) is 6.10. The predicted octanol–water partition coefficient (Wildman–Crippen LogP) is 1.79. The van der Waals surface area contributed by atoms with E-state index in [2.05, 4.69) is 10.5 Å². The van der Waals surface area contributed by atoms with Gasteiger partial charge < -0.3 is 19.3 Å². The van der Waals surface area contributed by atoms with Crippen LogP contribution in [0.4, 0.5) is 5.82 Å². The van der Waals surface area contributed by atoms with Crippen LogP contribution in [0.1, 0.15) is 18.6 Å². The molecule has 1 N–H and O–H groups in total. The maximum Gasteiger partial charge on any atom is 0.244 e. The van der Waals surface area contributed by atoms with Crippen molar-refractivity contribution in [3.05, 3.63) is 30.0 Å². The van der Waals surface area contributed by atoms with Crippen LogP contribution in [0.15, 0.2) is 33.7 Å². The molecule has 27 heavy (non-hydrogen) atoms. The lowest BCUT2D eigenvalue weighted by Crippen LogP contribution is -2.43. The van der Waals surface area contributed by atoms with Gasteiger partial charge in [-0.05, 0) is 31.9 Å². The van der Waals surface area contributed by atoms with E-state index in [9.17, 15) is 13.2 Å². The molecule has 1 atom stereocenters. The van der Waals surface area contributed by atoms with Crippen molar-refractivity contribution in [1.82, 2.24) is 9.46 Å². The van der Waals surface area contributed by atoms with Crippen molar-refractivity contribution in [3.8, 4) is 11.5 Å². The normalized spacial score (nSPS) is 17.7. The third-order valence-electron chi connectivity index (χ3n) is 4.35. The molecule has 0 saturated carbocycles. The molecule has 146 valence electrons. The van der Waals surface area contributed by atoms with Gasteiger partial charge in [0.15, 0.2) is 17.3 Å². The maximum absolute atomic E-state index is 13.1. The Morgan fingerprint density at radius 3 is 2.63 bits per heavy atom. The molecule has 0 bridgehead atoms. The van der Waals surface area contributed by atoms with Gasteiger partial charge in [-0.25, -0.2) is 8.42 Å². The Bertz CT molecular complexity index is 940. The van der Waals surface area contributed by atoms with E-state index in [0.29, 0.717) is 30.1 Å². The van der Waals surface area contributed by atoms with E-state index in [-0.39, 0.29) is 17.3 Å². The lowest BCUT2D eigenvalue weighted by atomic mass is 10.2. The highest BCUT2D eigenvalue weighted by atomic mass is 32.2. The third-order valence-corrected chi connectivity index (χ3v) is 6.25. The van der Waals surface area contributed by atoms with Crippen LogP contribution in [-0.2, 0) is 14.8 Å². The first-order valence-corrected chi connectivity index (χ1v) is 9.79. The van der Waals surface area contributed by atoms with Crippen LogP contribution in [0, 0.1) is 6.92 Å². The Morgan fingerprint density at radius 2 is 2.00 bits per heavy atom. The quantitative estimate of drug-likeness (QED) is 0.794. The van der Waals surface area contributed by atoms with Gasteiger partial charge in [0.05, 0.1) is 19.1 Å². The molecule has 10 heteroatoms. The van der Waals surface area contributed by atoms with E-state index in [4.69, 9.17) is 14.0 Å². The number of carbonyl (C=O) groups excluding carboxylic acids is 1. The van der Waals surface area contributed by atoms with E-state index in [0.717, 1.165) is 0 Å². The number of hydrogen-bond acceptors (Lipinski definition) is 7. The number of benzene rings is 1. The first-order chi connectivity index (χ1) is 12.9. The molecular weight excluding hydrogens is 374 g/mol. The highest BCUT2D eigenvalue weighted by Crippen LogP contribution is 2.33. The summed E-state index contributed by atoms with van der Waals surface area (Å²) >= 11 is 0. The van der Waals surface area contributed by atoms with Crippen LogP contribution >= 0.6 is 0 Å². The average Bonchev–Trinajstić information content (AvgIpc) is 3.30. The van der Waals surface area contributed by atoms with Gasteiger partial charge in [0, 0.05) is 18.7 Å². The number of amides is 1. The van der Waals surface area contributed by atoms with E-state index in [1.165, 1.54) is 36.7 Å². The maximum atomic E-state index is 13.1. The molecule has 1 aliphatic heterocycles. The lowest BCUT2D eigenvalue weighted by molar-refractivity contribution is -0.119. The number of aryl methyl sites for hydroxylation is 1. The summed E-state index contributed by atoms with van der Waals surface area (Å²) in [6, 6.07) is 5.10. The van der Waals surface area contributed by atoms with Crippen molar-refractivity contribution in [1.29, 1.82) is 0 Å². The fraction of sp³-hybridized carbons (Fsp3) is 0.412. The Balaban J connectivity index is 1.85. The highest BCUT2D eigenvalue weighted by Gasteiger charge is 2.40. The lowest BCUT2D eigenvalue weighted by Gasteiger charge is -2.23. The highest BCUT2D eigenvalue weighted by molar-refractivity contribution is 7.89. The van der Waals surface area contributed by atoms with Crippen molar-refractivity contribution < 1.29 is 27.2 Å². The van der Waals surface area contributed by atoms with Crippen molar-refractivity contribution >= 4 is 21.7 Å². The molecule has 1 aromatic heterocycles. The molecule has 1 aromatic carbocycles. The smallest absolute Gasteiger partial charge is 0.244 e. The minimum atomic E-state index is -3.88. The number of aromatic nitrogens is 1. The van der Waals surface area contributed by atoms with E-state index in [1.54, 1.807) is 13.0 Å². The van der Waals surface area contributed by atoms with Crippen LogP contribution in [0.25, 0.3) is 0 Å². The minimum Gasteiger partial charge on any atom is -0.493 e. The van der Waals surface area contributed by atoms with Crippen molar-refractivity contribution in [3.63, 3.8) is 0 Å². The van der Waals surface area contributed by atoms with Gasteiger partial charge in [0.2, 0.25) is 15.9 Å². The largest absolute Gasteiger partial charge is 0.493 e. The van der Waals surface area contributed by atoms with Gasteiger partial charge >= 0.3 is 0 Å². The summed E-state index contributed by atoms with van der Waals surface area (Å²) < 4.78 is 42.6. The zero-order chi connectivity index (χ0) is 19.6. The number of ether oxygens (including phenoxy) is 2. The second-order valence-corrected chi connectivity index (χ2v) is 7.99. The summed E-state index contributed by atoms with van der Waals surface area (Å²) in [5.41, 5.74) is 0. The molecule has 0 spiro atoms. The molecule has 0 aliphatic carbocycles. The summed E-state index contributed by atoms with van der Waals surface area (Å²) in [5.74, 6) is 1.09. The van der Waals surface area contributed by atoms with E-state index in [1.807, 2.05) is 0 Å². The SMILES string of the molecule is COc1ccc(S(=O)(=O)N2CCCC2C(=O)Nc2cc(C)on2)cc1OC. The first kappa shape index (κ1) is 19.2. The Hall–Kier alpha value is -2.59. The number of carbonyl (C=O) groups is 1. The van der Waals surface area contributed by atoms with Crippen molar-refractivity contribution in [2.75, 3.05) is 26.1 Å². The van der Waals surface area contributed by atoms with Gasteiger partial charge in [-0.15, -0.1) is 0 Å². The third kappa shape index (κ3) is 3.76. The van der Waals surface area contributed by atoms with Crippen LogP contribution in [-0.4, -0.2) is 50.6 Å². The molecule has 1 saturated heterocycles. The summed E-state index contributed by atoms with van der Waals surface area (Å²) in [6.07, 6.45) is 1.01. The van der Waals surface area contributed by atoms with Gasteiger partial charge in [-0.3, -0.25) is 4.79 Å². The van der Waals surface area contributed by atoms with Crippen molar-refractivity contribution in [2.45, 2.75) is 30.7 Å². The molecule has 1 amide bonds. The van der Waals surface area contributed by atoms with Gasteiger partial charge in [-0.2, -0.15) is 4.31 Å². The fourth-order valence-corrected chi connectivity index (χ4v) is 4.71. The van der Waals surface area contributed by atoms with Crippen LogP contribution in [0.3, 0.4) is 0 Å². The minimum absolute atomic E-state index is 0.0390. The van der Waals surface area contributed by atoms with Gasteiger partial charge in [0.1, 0.15) is 11.8 Å². The summed E-state index contributed by atoms with van der Waals surface area (Å²) in [5, 5.41) is 6.31. The monoisotopic (exact) mass is 395 g/mol. The molecule has 2 heterocycles. The fourth-order valence-electron chi connectivity index (χ4n) is 3.04. The van der Waals surface area contributed by atoms with Crippen LogP contribution in [0.2, 0.25) is 0 Å². The van der Waals surface area contributed by atoms with Crippen LogP contribution in [0.5, 0.6) is 11.5 Å². The number of anilines is 1. The average molecular weight is 395 g/mol. The molecule has 1 unspecified atom stereocenters. The topological polar surface area (TPSA) is 111 Å². The standard InChI is InChI=1S/C17H21N3O6S/c1-11-9-16(19-26-11)18-17(21)13-5-4-8-20(13)27(22,23)12-6-7-14(24-2)15(10-12)25-3/h6-7,9-10,13H,4-5,8H2,1-3H3,(H,18,19,21). The Kier molecular flexibility index (Phi) is 5.38. The second kappa shape index (κ2) is 7.57. The molecule has 1 aliphatic rings. The van der Waals surface area contributed by atoms with E-state index >= 15 is 0 Å². The number of rotatable bonds is 6. The molecule has 2 aromatic rings. The summed E-state index contributed by atoms with van der Waals surface area (Å²) in [4.78, 5) is 12.6. The number of nitrogens with zero attached hydrogens (tertiary/aromatic N) is 2. The predicted molar refractivity (Wildman–Crippen MR) is 96.3 cm³/mol. The van der Waals surface area contributed by atoms with Gasteiger partial charge in [0.25, 0.3) is 0 Å². The zero-order valence-corrected chi connectivity index (χ0v) is 16.1. The van der Waals surface area contributed by atoms with E-state index < -0.39 is 22.0 Å². The number of hydrogen-bond donors (Lipinski definition) is 1. The molecule has 0 radical (unpaired) electrons. The summed E-state index contributed by atoms with van der Waals surface area (Å²) in [7, 11) is -0.983. The molecular formula is C17H21N3O6S. The van der Waals surface area contributed by atoms with Crippen molar-refractivity contribution in [2.24, 2.45) is 0 Å². The zero-order valence-electron chi connectivity index (χ0n) is 15.3. The number of methoxy groups -OCH3 is 2. The van der Waals surface area contributed by atoms with Gasteiger partial charge in [-0.1, -0.05) is 5.16 Å². The Morgan fingerprint density at radius 1 is 1.26 bits per heavy atom. The molecule has 1 fully saturated rings. The van der Waals surface area contributed by atoms with Crippen LogP contribution < -0.4 is 14.8 Å². The summed E-state index contributed by atoms with van der Waals surface area (Å²) in [6.45, 7) is 1.96. The number of sulfonamides is 1.